The molecule has 0 bridgehead atoms. The van der Waals surface area contributed by atoms with Crippen molar-refractivity contribution in [1.82, 2.24) is 5.32 Å². The largest absolute Gasteiger partial charge is 0.478 e. The van der Waals surface area contributed by atoms with Crippen molar-refractivity contribution in [3.05, 3.63) is 29.3 Å². The minimum Gasteiger partial charge on any atom is -0.478 e. The molecule has 0 radical (unpaired) electrons. The third kappa shape index (κ3) is 2.33. The third-order valence-electron chi connectivity index (χ3n) is 5.40. The van der Waals surface area contributed by atoms with E-state index in [-0.39, 0.29) is 22.8 Å². The molecule has 0 aliphatic carbocycles. The van der Waals surface area contributed by atoms with E-state index in [1.54, 1.807) is 12.1 Å². The Balaban J connectivity index is 1.73. The minimum atomic E-state index is -0.961. The molecule has 1 aromatic carbocycles. The van der Waals surface area contributed by atoms with Crippen LogP contribution in [0.3, 0.4) is 0 Å². The van der Waals surface area contributed by atoms with Gasteiger partial charge in [0.1, 0.15) is 6.04 Å². The molecule has 0 aromatic heterocycles. The van der Waals surface area contributed by atoms with Crippen molar-refractivity contribution in [2.24, 2.45) is 5.41 Å². The summed E-state index contributed by atoms with van der Waals surface area (Å²) >= 11 is 0. The fraction of sp³-hybridized carbons (Fsp3) is 0.529. The molecule has 2 fully saturated rings. The molecular formula is C17H20N2O4. The summed E-state index contributed by atoms with van der Waals surface area (Å²) in [5.74, 6) is -0.869. The van der Waals surface area contributed by atoms with Gasteiger partial charge in [0.05, 0.1) is 5.56 Å². The molecule has 6 nitrogen and oxygen atoms in total. The summed E-state index contributed by atoms with van der Waals surface area (Å²) in [7, 11) is 0. The van der Waals surface area contributed by atoms with Crippen LogP contribution in [0.25, 0.3) is 0 Å². The van der Waals surface area contributed by atoms with Gasteiger partial charge >= 0.3 is 5.97 Å². The van der Waals surface area contributed by atoms with Gasteiger partial charge in [0.25, 0.3) is 0 Å². The second-order valence-electron chi connectivity index (χ2n) is 6.79. The quantitative estimate of drug-likeness (QED) is 0.809. The summed E-state index contributed by atoms with van der Waals surface area (Å²) in [5.41, 5.74) is 1.74. The van der Waals surface area contributed by atoms with Crippen molar-refractivity contribution in [3.63, 3.8) is 0 Å². The molecule has 1 atom stereocenters. The predicted octanol–water partition coefficient (Wildman–Crippen LogP) is 1.16. The smallest absolute Gasteiger partial charge is 0.335 e. The number of ether oxygens (including phenoxy) is 1. The number of fused-ring (bicyclic) bond motifs is 3. The number of carbonyl (C=O) groups is 2. The summed E-state index contributed by atoms with van der Waals surface area (Å²) in [4.78, 5) is 26.1. The zero-order valence-corrected chi connectivity index (χ0v) is 12.9. The molecule has 122 valence electrons. The van der Waals surface area contributed by atoms with Crippen LogP contribution in [0.1, 0.15) is 33.6 Å². The Morgan fingerprint density at radius 1 is 1.35 bits per heavy atom. The average Bonchev–Trinajstić information content (AvgIpc) is 2.71. The maximum Gasteiger partial charge on any atom is 0.335 e. The molecule has 2 saturated heterocycles. The Labute approximate surface area is 134 Å². The number of anilines is 1. The van der Waals surface area contributed by atoms with E-state index < -0.39 is 5.97 Å². The molecule has 3 aliphatic rings. The lowest BCUT2D eigenvalue weighted by atomic mass is 9.79. The number of aromatic carboxylic acids is 1. The Bertz CT molecular complexity index is 667. The molecule has 1 unspecified atom stereocenters. The summed E-state index contributed by atoms with van der Waals surface area (Å²) < 4.78 is 5.50. The number of carboxylic acid groups (broad SMARTS) is 1. The van der Waals surface area contributed by atoms with E-state index in [0.29, 0.717) is 12.1 Å². The summed E-state index contributed by atoms with van der Waals surface area (Å²) in [5, 5.41) is 12.7. The highest BCUT2D eigenvalue weighted by atomic mass is 16.5. The zero-order valence-electron chi connectivity index (χ0n) is 12.9. The molecular weight excluding hydrogens is 296 g/mol. The maximum absolute atomic E-state index is 12.7. The number of nitrogens with zero attached hydrogens (tertiary/aromatic N) is 1. The van der Waals surface area contributed by atoms with Gasteiger partial charge in [-0.1, -0.05) is 0 Å². The Hall–Kier alpha value is -1.92. The number of nitrogens with one attached hydrogen (secondary N) is 1. The number of hydrogen-bond donors (Lipinski definition) is 2. The number of hydrogen-bond acceptors (Lipinski definition) is 5. The lowest BCUT2D eigenvalue weighted by molar-refractivity contribution is 0.0209. The topological polar surface area (TPSA) is 78.9 Å². The van der Waals surface area contributed by atoms with Crippen LogP contribution in [0.5, 0.6) is 0 Å². The van der Waals surface area contributed by atoms with Crippen LogP contribution >= 0.6 is 0 Å². The van der Waals surface area contributed by atoms with E-state index >= 15 is 0 Å². The molecule has 1 aromatic rings. The maximum atomic E-state index is 12.7. The highest BCUT2D eigenvalue weighted by Gasteiger charge is 2.45. The average molecular weight is 316 g/mol. The third-order valence-corrected chi connectivity index (χ3v) is 5.40. The van der Waals surface area contributed by atoms with Crippen molar-refractivity contribution in [1.29, 1.82) is 0 Å². The monoisotopic (exact) mass is 316 g/mol. The summed E-state index contributed by atoms with van der Waals surface area (Å²) in [6, 6.07) is 4.60. The number of carboxylic acids is 1. The molecule has 3 heterocycles. The molecule has 3 aliphatic heterocycles. The number of carbonyl (C=O) groups excluding carboxylic acids is 1. The number of rotatable bonds is 1. The van der Waals surface area contributed by atoms with Gasteiger partial charge in [0.2, 0.25) is 0 Å². The van der Waals surface area contributed by atoms with Crippen molar-refractivity contribution in [2.45, 2.75) is 18.9 Å². The molecule has 4 rings (SSSR count). The van der Waals surface area contributed by atoms with E-state index in [2.05, 4.69) is 10.2 Å². The first-order chi connectivity index (χ1) is 11.1. The molecule has 2 N–H and O–H groups in total. The van der Waals surface area contributed by atoms with E-state index in [1.165, 1.54) is 6.07 Å². The van der Waals surface area contributed by atoms with Gasteiger partial charge in [-0.25, -0.2) is 4.79 Å². The van der Waals surface area contributed by atoms with Gasteiger partial charge in [-0.2, -0.15) is 0 Å². The number of ketones is 1. The number of benzene rings is 1. The fourth-order valence-electron chi connectivity index (χ4n) is 4.03. The van der Waals surface area contributed by atoms with Gasteiger partial charge < -0.3 is 20.1 Å². The predicted molar refractivity (Wildman–Crippen MR) is 84.2 cm³/mol. The highest BCUT2D eigenvalue weighted by molar-refractivity contribution is 6.12. The van der Waals surface area contributed by atoms with Crippen LogP contribution < -0.4 is 10.2 Å². The van der Waals surface area contributed by atoms with E-state index in [4.69, 9.17) is 4.74 Å². The normalized spacial score (nSPS) is 25.8. The van der Waals surface area contributed by atoms with Gasteiger partial charge in [-0.05, 0) is 31.0 Å². The molecule has 0 saturated carbocycles. The zero-order chi connectivity index (χ0) is 16.0. The van der Waals surface area contributed by atoms with Crippen molar-refractivity contribution in [3.8, 4) is 0 Å². The van der Waals surface area contributed by atoms with Crippen LogP contribution in [-0.4, -0.2) is 55.7 Å². The lowest BCUT2D eigenvalue weighted by Crippen LogP contribution is -2.45. The molecule has 6 heteroatoms. The summed E-state index contributed by atoms with van der Waals surface area (Å²) in [6.45, 7) is 3.76. The van der Waals surface area contributed by atoms with Crippen LogP contribution in [0.15, 0.2) is 18.2 Å². The second-order valence-corrected chi connectivity index (χ2v) is 6.79. The van der Waals surface area contributed by atoms with Gasteiger partial charge in [0, 0.05) is 49.5 Å². The van der Waals surface area contributed by atoms with Gasteiger partial charge in [-0.15, -0.1) is 0 Å². The summed E-state index contributed by atoms with van der Waals surface area (Å²) in [6.07, 6.45) is 1.93. The first-order valence-electron chi connectivity index (χ1n) is 8.06. The standard InChI is InChI=1S/C17H20N2O4/c20-15-12-2-1-11(16(21)22)7-13(12)19-10-17(3-5-23-6-4-17)9-18-8-14(15)19/h1-2,7,14,18H,3-6,8-10H2,(H,21,22). The fourth-order valence-corrected chi connectivity index (χ4v) is 4.03. The van der Waals surface area contributed by atoms with Gasteiger partial charge in [0.15, 0.2) is 5.78 Å². The first kappa shape index (κ1) is 14.7. The highest BCUT2D eigenvalue weighted by Crippen LogP contribution is 2.40. The van der Waals surface area contributed by atoms with Crippen LogP contribution in [0.4, 0.5) is 5.69 Å². The molecule has 0 amide bonds. The SMILES string of the molecule is O=C(O)c1ccc2c(c1)N1CC3(CCOCC3)CNCC1C2=O. The van der Waals surface area contributed by atoms with Crippen molar-refractivity contribution in [2.75, 3.05) is 37.7 Å². The molecule has 1 spiro atoms. The van der Waals surface area contributed by atoms with Crippen molar-refractivity contribution >= 4 is 17.4 Å². The first-order valence-corrected chi connectivity index (χ1v) is 8.06. The second kappa shape index (κ2) is 5.32. The minimum absolute atomic E-state index is 0.0912. The van der Waals surface area contributed by atoms with Crippen LogP contribution in [0.2, 0.25) is 0 Å². The van der Waals surface area contributed by atoms with Crippen molar-refractivity contribution < 1.29 is 19.4 Å². The lowest BCUT2D eigenvalue weighted by Gasteiger charge is -2.39. The van der Waals surface area contributed by atoms with Crippen LogP contribution in [0, 0.1) is 5.41 Å². The van der Waals surface area contributed by atoms with E-state index in [0.717, 1.165) is 44.8 Å². The van der Waals surface area contributed by atoms with E-state index in [1.807, 2.05) is 0 Å². The van der Waals surface area contributed by atoms with Crippen LogP contribution in [-0.2, 0) is 4.74 Å². The van der Waals surface area contributed by atoms with Gasteiger partial charge in [-0.3, -0.25) is 4.79 Å². The Kier molecular flexibility index (Phi) is 3.39. The molecule has 23 heavy (non-hydrogen) atoms. The Morgan fingerprint density at radius 3 is 2.87 bits per heavy atom. The number of Topliss-reactive ketones (excluding diaryl/α,β-unsaturated/α-hetero) is 1. The van der Waals surface area contributed by atoms with E-state index in [9.17, 15) is 14.7 Å². The Morgan fingerprint density at radius 2 is 2.13 bits per heavy atom.